The third-order valence-electron chi connectivity index (χ3n) is 3.11. The first-order valence-corrected chi connectivity index (χ1v) is 9.02. The Morgan fingerprint density at radius 1 is 1.39 bits per heavy atom. The summed E-state index contributed by atoms with van der Waals surface area (Å²) >= 11 is 9.43. The summed E-state index contributed by atoms with van der Waals surface area (Å²) < 4.78 is 6.15. The Labute approximate surface area is 152 Å². The van der Waals surface area contributed by atoms with Gasteiger partial charge in [0.15, 0.2) is 0 Å². The lowest BCUT2D eigenvalue weighted by Crippen LogP contribution is -2.42. The molecule has 4 nitrogen and oxygen atoms in total. The molecule has 1 amide bonds. The molecule has 1 rings (SSSR count). The van der Waals surface area contributed by atoms with Crippen LogP contribution in [0.15, 0.2) is 22.7 Å². The van der Waals surface area contributed by atoms with Crippen LogP contribution in [0.3, 0.4) is 0 Å². The molecule has 0 aliphatic carbocycles. The summed E-state index contributed by atoms with van der Waals surface area (Å²) in [5, 5.41) is 6.99. The number of carbonyl (C=O) groups excluding carboxylic acids is 1. The highest BCUT2D eigenvalue weighted by atomic mass is 79.9. The lowest BCUT2D eigenvalue weighted by Gasteiger charge is -2.22. The third-order valence-corrected chi connectivity index (χ3v) is 4.32. The van der Waals surface area contributed by atoms with Gasteiger partial charge in [-0.05, 0) is 60.8 Å². The van der Waals surface area contributed by atoms with E-state index >= 15 is 0 Å². The van der Waals surface area contributed by atoms with E-state index in [1.807, 2.05) is 39.0 Å². The van der Waals surface area contributed by atoms with E-state index in [0.29, 0.717) is 11.6 Å². The molecular formula is C17H26BrClN2O2. The maximum atomic E-state index is 11.7. The normalized spacial score (nSPS) is 12.8. The van der Waals surface area contributed by atoms with Crippen molar-refractivity contribution in [2.75, 3.05) is 6.54 Å². The van der Waals surface area contributed by atoms with Crippen molar-refractivity contribution < 1.29 is 9.53 Å². The molecule has 0 fully saturated rings. The SMILES string of the molecule is CCCC(CNC(=O)OC(C)(C)C)NCc1ccc(Cl)c(Br)c1. The van der Waals surface area contributed by atoms with E-state index in [2.05, 4.69) is 33.5 Å². The summed E-state index contributed by atoms with van der Waals surface area (Å²) in [4.78, 5) is 11.7. The number of amides is 1. The first-order chi connectivity index (χ1) is 10.7. The zero-order valence-corrected chi connectivity index (χ0v) is 16.6. The summed E-state index contributed by atoms with van der Waals surface area (Å²) in [6.45, 7) is 8.95. The van der Waals surface area contributed by atoms with Crippen molar-refractivity contribution in [3.63, 3.8) is 0 Å². The van der Waals surface area contributed by atoms with E-state index in [1.54, 1.807) is 0 Å². The molecule has 0 spiro atoms. The van der Waals surface area contributed by atoms with Crippen LogP contribution in [0.25, 0.3) is 0 Å². The standard InChI is InChI=1S/C17H26BrClN2O2/c1-5-6-13(11-21-16(22)23-17(2,3)4)20-10-12-7-8-15(19)14(18)9-12/h7-9,13,20H,5-6,10-11H2,1-4H3,(H,21,22). The minimum absolute atomic E-state index is 0.196. The van der Waals surface area contributed by atoms with Crippen LogP contribution in [-0.2, 0) is 11.3 Å². The molecule has 6 heteroatoms. The molecule has 0 aliphatic heterocycles. The zero-order chi connectivity index (χ0) is 17.5. The molecule has 130 valence electrons. The second kappa shape index (κ2) is 9.50. The maximum Gasteiger partial charge on any atom is 0.407 e. The lowest BCUT2D eigenvalue weighted by molar-refractivity contribution is 0.0521. The Hall–Kier alpha value is -0.780. The van der Waals surface area contributed by atoms with Gasteiger partial charge in [-0.3, -0.25) is 0 Å². The molecule has 1 aromatic carbocycles. The molecule has 1 unspecified atom stereocenters. The topological polar surface area (TPSA) is 50.4 Å². The van der Waals surface area contributed by atoms with E-state index in [1.165, 1.54) is 0 Å². The van der Waals surface area contributed by atoms with Gasteiger partial charge in [0.25, 0.3) is 0 Å². The van der Waals surface area contributed by atoms with Gasteiger partial charge in [0.1, 0.15) is 5.60 Å². The van der Waals surface area contributed by atoms with Gasteiger partial charge in [0, 0.05) is 23.6 Å². The van der Waals surface area contributed by atoms with Crippen LogP contribution in [0.5, 0.6) is 0 Å². The molecule has 0 aromatic heterocycles. The quantitative estimate of drug-likeness (QED) is 0.679. The highest BCUT2D eigenvalue weighted by Gasteiger charge is 2.17. The van der Waals surface area contributed by atoms with Gasteiger partial charge >= 0.3 is 6.09 Å². The van der Waals surface area contributed by atoms with Gasteiger partial charge in [-0.2, -0.15) is 0 Å². The number of rotatable bonds is 7. The van der Waals surface area contributed by atoms with Crippen molar-refractivity contribution in [2.24, 2.45) is 0 Å². The van der Waals surface area contributed by atoms with Gasteiger partial charge in [0.05, 0.1) is 5.02 Å². The summed E-state index contributed by atoms with van der Waals surface area (Å²) in [6, 6.07) is 6.06. The predicted molar refractivity (Wildman–Crippen MR) is 98.9 cm³/mol. The first-order valence-electron chi connectivity index (χ1n) is 7.85. The number of ether oxygens (including phenoxy) is 1. The van der Waals surface area contributed by atoms with Crippen LogP contribution in [-0.4, -0.2) is 24.3 Å². The van der Waals surface area contributed by atoms with Crippen molar-refractivity contribution in [3.05, 3.63) is 33.3 Å². The minimum atomic E-state index is -0.479. The summed E-state index contributed by atoms with van der Waals surface area (Å²) in [5.74, 6) is 0. The maximum absolute atomic E-state index is 11.7. The molecule has 0 radical (unpaired) electrons. The minimum Gasteiger partial charge on any atom is -0.444 e. The largest absolute Gasteiger partial charge is 0.444 e. The fourth-order valence-electron chi connectivity index (χ4n) is 2.06. The van der Waals surface area contributed by atoms with Crippen LogP contribution in [0.4, 0.5) is 4.79 Å². The van der Waals surface area contributed by atoms with Crippen LogP contribution >= 0.6 is 27.5 Å². The number of alkyl carbamates (subject to hydrolysis) is 1. The van der Waals surface area contributed by atoms with Gasteiger partial charge in [-0.25, -0.2) is 4.79 Å². The molecule has 0 saturated heterocycles. The summed E-state index contributed by atoms with van der Waals surface area (Å²) in [5.41, 5.74) is 0.660. The van der Waals surface area contributed by atoms with Crippen molar-refractivity contribution in [3.8, 4) is 0 Å². The van der Waals surface area contributed by atoms with Crippen molar-refractivity contribution >= 4 is 33.6 Å². The number of carbonyl (C=O) groups is 1. The molecule has 1 aromatic rings. The van der Waals surface area contributed by atoms with Gasteiger partial charge in [0.2, 0.25) is 0 Å². The number of halogens is 2. The predicted octanol–water partition coefficient (Wildman–Crippen LogP) is 4.89. The summed E-state index contributed by atoms with van der Waals surface area (Å²) in [6.07, 6.45) is 1.64. The Kier molecular flexibility index (Phi) is 8.37. The number of nitrogens with one attached hydrogen (secondary N) is 2. The van der Waals surface area contributed by atoms with E-state index in [-0.39, 0.29) is 12.1 Å². The Bertz CT molecular complexity index is 518. The van der Waals surface area contributed by atoms with Crippen LogP contribution in [0.1, 0.15) is 46.1 Å². The van der Waals surface area contributed by atoms with Crippen LogP contribution in [0.2, 0.25) is 5.02 Å². The van der Waals surface area contributed by atoms with Crippen molar-refractivity contribution in [2.45, 2.75) is 58.7 Å². The van der Waals surface area contributed by atoms with E-state index in [9.17, 15) is 4.79 Å². The molecule has 0 aliphatic rings. The average Bonchev–Trinajstić information content (AvgIpc) is 2.43. The Morgan fingerprint density at radius 3 is 2.65 bits per heavy atom. The molecule has 0 bridgehead atoms. The molecule has 23 heavy (non-hydrogen) atoms. The fraction of sp³-hybridized carbons (Fsp3) is 0.588. The molecule has 2 N–H and O–H groups in total. The highest BCUT2D eigenvalue weighted by Crippen LogP contribution is 2.23. The van der Waals surface area contributed by atoms with Gasteiger partial charge in [-0.15, -0.1) is 0 Å². The fourth-order valence-corrected chi connectivity index (χ4v) is 2.60. The highest BCUT2D eigenvalue weighted by molar-refractivity contribution is 9.10. The molecular weight excluding hydrogens is 380 g/mol. The second-order valence-electron chi connectivity index (χ2n) is 6.50. The smallest absolute Gasteiger partial charge is 0.407 e. The van der Waals surface area contributed by atoms with Crippen LogP contribution in [0, 0.1) is 0 Å². The Balaban J connectivity index is 2.48. The number of benzene rings is 1. The second-order valence-corrected chi connectivity index (χ2v) is 7.76. The average molecular weight is 406 g/mol. The van der Waals surface area contributed by atoms with Crippen LogP contribution < -0.4 is 10.6 Å². The molecule has 0 heterocycles. The molecule has 1 atom stereocenters. The zero-order valence-electron chi connectivity index (χ0n) is 14.2. The van der Waals surface area contributed by atoms with Crippen molar-refractivity contribution in [1.29, 1.82) is 0 Å². The monoisotopic (exact) mass is 404 g/mol. The lowest BCUT2D eigenvalue weighted by atomic mass is 10.1. The van der Waals surface area contributed by atoms with E-state index in [4.69, 9.17) is 16.3 Å². The van der Waals surface area contributed by atoms with Crippen molar-refractivity contribution in [1.82, 2.24) is 10.6 Å². The summed E-state index contributed by atoms with van der Waals surface area (Å²) in [7, 11) is 0. The Morgan fingerprint density at radius 2 is 2.09 bits per heavy atom. The third kappa shape index (κ3) is 8.58. The number of hydrogen-bond acceptors (Lipinski definition) is 3. The van der Waals surface area contributed by atoms with E-state index < -0.39 is 5.60 Å². The van der Waals surface area contributed by atoms with E-state index in [0.717, 1.165) is 29.4 Å². The number of hydrogen-bond donors (Lipinski definition) is 2. The van der Waals surface area contributed by atoms with Gasteiger partial charge < -0.3 is 15.4 Å². The first kappa shape index (κ1) is 20.3. The molecule has 0 saturated carbocycles. The van der Waals surface area contributed by atoms with Gasteiger partial charge in [-0.1, -0.05) is 31.0 Å².